The Labute approximate surface area is 169 Å². The molecule has 2 fully saturated rings. The molecule has 1 N–H and O–H groups in total. The highest BCUT2D eigenvalue weighted by atomic mass is 16.2. The number of fused-ring (bicyclic) bond motifs is 1. The smallest absolute Gasteiger partial charge is 0.227 e. The maximum atomic E-state index is 13.1. The van der Waals surface area contributed by atoms with E-state index in [1.165, 1.54) is 0 Å². The minimum absolute atomic E-state index is 0.0935. The molecule has 0 bridgehead atoms. The second kappa shape index (κ2) is 6.59. The Kier molecular flexibility index (Phi) is 4.02. The van der Waals surface area contributed by atoms with Gasteiger partial charge in [-0.05, 0) is 43.5 Å². The van der Waals surface area contributed by atoms with E-state index in [1.54, 1.807) is 18.5 Å². The topological polar surface area (TPSA) is 88.9 Å². The van der Waals surface area contributed by atoms with Crippen molar-refractivity contribution in [2.24, 2.45) is 0 Å². The van der Waals surface area contributed by atoms with Crippen molar-refractivity contribution in [3.63, 3.8) is 0 Å². The second-order valence-electron chi connectivity index (χ2n) is 8.13. The van der Waals surface area contributed by atoms with E-state index in [4.69, 9.17) is 5.26 Å². The number of amides is 1. The summed E-state index contributed by atoms with van der Waals surface area (Å²) in [6.45, 7) is 3.63. The quantitative estimate of drug-likeness (QED) is 0.747. The second-order valence-corrected chi connectivity index (χ2v) is 8.13. The van der Waals surface area contributed by atoms with E-state index < -0.39 is 0 Å². The molecule has 7 nitrogen and oxygen atoms in total. The van der Waals surface area contributed by atoms with Gasteiger partial charge in [-0.15, -0.1) is 0 Å². The number of anilines is 1. The number of carbonyl (C=O) groups excluding carboxylic acids is 1. The van der Waals surface area contributed by atoms with Gasteiger partial charge in [0.1, 0.15) is 17.8 Å². The Bertz CT molecular complexity index is 1110. The van der Waals surface area contributed by atoms with Crippen LogP contribution in [0.2, 0.25) is 0 Å². The summed E-state index contributed by atoms with van der Waals surface area (Å²) < 4.78 is 0. The number of nitrogens with zero attached hydrogens (tertiary/aromatic N) is 5. The van der Waals surface area contributed by atoms with Crippen LogP contribution >= 0.6 is 0 Å². The number of H-pyrrole nitrogens is 1. The first-order valence-corrected chi connectivity index (χ1v) is 9.94. The first kappa shape index (κ1) is 17.7. The molecular formula is C22H22N6O. The van der Waals surface area contributed by atoms with Crippen LogP contribution in [0.5, 0.6) is 0 Å². The monoisotopic (exact) mass is 386 g/mol. The molecule has 1 saturated carbocycles. The first-order valence-electron chi connectivity index (χ1n) is 9.94. The van der Waals surface area contributed by atoms with Gasteiger partial charge >= 0.3 is 0 Å². The van der Waals surface area contributed by atoms with Crippen molar-refractivity contribution in [3.8, 4) is 6.07 Å². The third kappa shape index (κ3) is 3.01. The van der Waals surface area contributed by atoms with Gasteiger partial charge in [0.2, 0.25) is 5.91 Å². The van der Waals surface area contributed by atoms with Gasteiger partial charge in [0, 0.05) is 25.3 Å². The lowest BCUT2D eigenvalue weighted by atomic mass is 10.0. The van der Waals surface area contributed by atoms with Crippen LogP contribution in [0.3, 0.4) is 0 Å². The molecule has 146 valence electrons. The number of aromatic amines is 1. The summed E-state index contributed by atoms with van der Waals surface area (Å²) in [5.41, 5.74) is 2.31. The van der Waals surface area contributed by atoms with Gasteiger partial charge in [-0.1, -0.05) is 12.1 Å². The van der Waals surface area contributed by atoms with Gasteiger partial charge in [-0.2, -0.15) is 5.26 Å². The number of carbonyl (C=O) groups is 1. The van der Waals surface area contributed by atoms with Crippen LogP contribution in [0, 0.1) is 11.3 Å². The average Bonchev–Trinajstić information content (AvgIpc) is 3.33. The summed E-state index contributed by atoms with van der Waals surface area (Å²) in [5.74, 6) is 1.10. The Morgan fingerprint density at radius 2 is 2.07 bits per heavy atom. The van der Waals surface area contributed by atoms with Crippen molar-refractivity contribution in [1.29, 1.82) is 5.26 Å². The van der Waals surface area contributed by atoms with E-state index in [0.29, 0.717) is 18.5 Å². The number of piperazine rings is 1. The number of aromatic nitrogens is 3. The standard InChI is InChI=1S/C22H22N6O/c1-15-12-28(19(29)10-16-2-4-17(11-23)5-3-16)22(7-8-22)13-27(15)21-18-6-9-24-20(18)25-14-26-21/h2-6,9,14-15H,7-8,10,12-13H2,1H3,(H,24,25,26). The van der Waals surface area contributed by atoms with Crippen LogP contribution in [0.4, 0.5) is 5.82 Å². The molecular weight excluding hydrogens is 364 g/mol. The molecule has 0 radical (unpaired) electrons. The minimum Gasteiger partial charge on any atom is -0.349 e. The van der Waals surface area contributed by atoms with Gasteiger partial charge in [0.05, 0.1) is 29.0 Å². The Hall–Kier alpha value is -3.40. The van der Waals surface area contributed by atoms with Gasteiger partial charge < -0.3 is 14.8 Å². The highest BCUT2D eigenvalue weighted by Crippen LogP contribution is 2.46. The van der Waals surface area contributed by atoms with Crippen molar-refractivity contribution in [2.45, 2.75) is 37.8 Å². The zero-order chi connectivity index (χ0) is 20.0. The summed E-state index contributed by atoms with van der Waals surface area (Å²) in [5, 5.41) is 9.97. The first-order chi connectivity index (χ1) is 14.1. The SMILES string of the molecule is CC1CN(C(=O)Cc2ccc(C#N)cc2)C2(CC2)CN1c1ncnc2[nH]ccc12. The lowest BCUT2D eigenvalue weighted by molar-refractivity contribution is -0.134. The van der Waals surface area contributed by atoms with E-state index in [0.717, 1.165) is 41.8 Å². The zero-order valence-electron chi connectivity index (χ0n) is 16.3. The summed E-state index contributed by atoms with van der Waals surface area (Å²) in [6, 6.07) is 11.6. The summed E-state index contributed by atoms with van der Waals surface area (Å²) in [4.78, 5) is 29.6. The number of benzene rings is 1. The van der Waals surface area contributed by atoms with Crippen LogP contribution in [-0.4, -0.2) is 50.4 Å². The number of hydrogen-bond donors (Lipinski definition) is 1. The Balaban J connectivity index is 1.37. The minimum atomic E-state index is -0.0935. The number of nitrogens with one attached hydrogen (secondary N) is 1. The van der Waals surface area contributed by atoms with Crippen molar-refractivity contribution in [3.05, 3.63) is 54.0 Å². The molecule has 3 heterocycles. The van der Waals surface area contributed by atoms with Crippen LogP contribution in [0.25, 0.3) is 11.0 Å². The molecule has 2 aliphatic rings. The normalized spacial score (nSPS) is 20.1. The predicted octanol–water partition coefficient (Wildman–Crippen LogP) is 2.64. The third-order valence-corrected chi connectivity index (χ3v) is 6.19. The zero-order valence-corrected chi connectivity index (χ0v) is 16.3. The highest BCUT2D eigenvalue weighted by molar-refractivity contribution is 5.88. The lowest BCUT2D eigenvalue weighted by Gasteiger charge is -2.46. The molecule has 1 aliphatic heterocycles. The van der Waals surface area contributed by atoms with E-state index >= 15 is 0 Å². The molecule has 29 heavy (non-hydrogen) atoms. The molecule has 1 aromatic carbocycles. The molecule has 2 aromatic heterocycles. The Morgan fingerprint density at radius 1 is 1.28 bits per heavy atom. The maximum Gasteiger partial charge on any atom is 0.227 e. The average molecular weight is 386 g/mol. The molecule has 1 unspecified atom stereocenters. The van der Waals surface area contributed by atoms with Crippen LogP contribution in [0.1, 0.15) is 30.9 Å². The lowest BCUT2D eigenvalue weighted by Crippen LogP contribution is -2.61. The van der Waals surface area contributed by atoms with Crippen LogP contribution in [-0.2, 0) is 11.2 Å². The van der Waals surface area contributed by atoms with Crippen LogP contribution < -0.4 is 4.90 Å². The van der Waals surface area contributed by atoms with E-state index in [-0.39, 0.29) is 17.5 Å². The van der Waals surface area contributed by atoms with Gasteiger partial charge in [-0.25, -0.2) is 9.97 Å². The molecule has 1 aliphatic carbocycles. The molecule has 1 amide bonds. The highest BCUT2D eigenvalue weighted by Gasteiger charge is 2.54. The van der Waals surface area contributed by atoms with E-state index in [9.17, 15) is 4.79 Å². The molecule has 7 heteroatoms. The molecule has 1 atom stereocenters. The Morgan fingerprint density at radius 3 is 2.79 bits per heavy atom. The molecule has 5 rings (SSSR count). The van der Waals surface area contributed by atoms with Gasteiger partial charge in [0.25, 0.3) is 0 Å². The molecule has 3 aromatic rings. The number of hydrogen-bond acceptors (Lipinski definition) is 5. The summed E-state index contributed by atoms with van der Waals surface area (Å²) >= 11 is 0. The fraction of sp³-hybridized carbons (Fsp3) is 0.364. The molecule has 1 spiro atoms. The third-order valence-electron chi connectivity index (χ3n) is 6.19. The van der Waals surface area contributed by atoms with Crippen molar-refractivity contribution < 1.29 is 4.79 Å². The van der Waals surface area contributed by atoms with E-state index in [2.05, 4.69) is 37.7 Å². The summed E-state index contributed by atoms with van der Waals surface area (Å²) in [6.07, 6.45) is 5.91. The van der Waals surface area contributed by atoms with Gasteiger partial charge in [0.15, 0.2) is 0 Å². The van der Waals surface area contributed by atoms with E-state index in [1.807, 2.05) is 24.4 Å². The fourth-order valence-corrected chi connectivity index (χ4v) is 4.39. The van der Waals surface area contributed by atoms with Gasteiger partial charge in [-0.3, -0.25) is 4.79 Å². The largest absolute Gasteiger partial charge is 0.349 e. The van der Waals surface area contributed by atoms with Crippen molar-refractivity contribution in [2.75, 3.05) is 18.0 Å². The molecule has 1 saturated heterocycles. The maximum absolute atomic E-state index is 13.1. The number of nitriles is 1. The summed E-state index contributed by atoms with van der Waals surface area (Å²) in [7, 11) is 0. The van der Waals surface area contributed by atoms with Crippen molar-refractivity contribution >= 4 is 22.8 Å². The van der Waals surface area contributed by atoms with Crippen molar-refractivity contribution in [1.82, 2.24) is 19.9 Å². The van der Waals surface area contributed by atoms with Crippen LogP contribution in [0.15, 0.2) is 42.9 Å². The number of rotatable bonds is 3. The predicted molar refractivity (Wildman–Crippen MR) is 109 cm³/mol. The fourth-order valence-electron chi connectivity index (χ4n) is 4.39.